The van der Waals surface area contributed by atoms with Crippen molar-refractivity contribution in [3.63, 3.8) is 0 Å². The first kappa shape index (κ1) is 7.51. The van der Waals surface area contributed by atoms with Crippen LogP contribution in [0.2, 0.25) is 0 Å². The molecule has 0 fully saturated rings. The molecule has 0 aromatic heterocycles. The Bertz CT molecular complexity index is 623. The van der Waals surface area contributed by atoms with Gasteiger partial charge in [0.05, 0.1) is 0 Å². The van der Waals surface area contributed by atoms with E-state index in [0.717, 1.165) is 28.2 Å². The van der Waals surface area contributed by atoms with E-state index in [1.165, 1.54) is 10.8 Å². The minimum Gasteiger partial charge on any atom is -0.298 e. The minimum atomic E-state index is 0.740. The third-order valence-electron chi connectivity index (χ3n) is 2.69. The van der Waals surface area contributed by atoms with Crippen molar-refractivity contribution in [3.8, 4) is 11.1 Å². The van der Waals surface area contributed by atoms with Crippen molar-refractivity contribution in [2.24, 2.45) is 0 Å². The Morgan fingerprint density at radius 3 is 2.93 bits per heavy atom. The van der Waals surface area contributed by atoms with Crippen LogP contribution in [0, 0.1) is 0 Å². The summed E-state index contributed by atoms with van der Waals surface area (Å²) in [5, 5.41) is 2.20. The molecule has 1 nitrogen and oxygen atoms in total. The molecule has 0 aromatic carbocycles. The highest BCUT2D eigenvalue weighted by Gasteiger charge is 2.17. The fourth-order valence-electron chi connectivity index (χ4n) is 1.97. The van der Waals surface area contributed by atoms with Crippen molar-refractivity contribution in [3.05, 3.63) is 45.8 Å². The Kier molecular flexibility index (Phi) is 1.25. The number of hydrogen-bond acceptors (Lipinski definition) is 1. The standard InChI is InChI=1S/C13H8O/c1-8-5-10(7-14)11-4-2-3-9-6-12(9)13(8)11/h2-7H,1H2. The van der Waals surface area contributed by atoms with Crippen molar-refractivity contribution in [2.45, 2.75) is 0 Å². The smallest absolute Gasteiger partial charge is 0.150 e. The number of fused-ring (bicyclic) bond motifs is 3. The van der Waals surface area contributed by atoms with E-state index < -0.39 is 0 Å². The lowest BCUT2D eigenvalue weighted by Crippen LogP contribution is -1.95. The van der Waals surface area contributed by atoms with Crippen LogP contribution >= 0.6 is 0 Å². The molecule has 0 radical (unpaired) electrons. The van der Waals surface area contributed by atoms with Crippen LogP contribution in [-0.2, 0) is 0 Å². The van der Waals surface area contributed by atoms with Gasteiger partial charge in [0.25, 0.3) is 0 Å². The quantitative estimate of drug-likeness (QED) is 0.513. The van der Waals surface area contributed by atoms with E-state index in [4.69, 9.17) is 0 Å². The van der Waals surface area contributed by atoms with Crippen LogP contribution < -0.4 is 10.4 Å². The molecule has 0 N–H and O–H groups in total. The molecule has 0 heterocycles. The molecule has 0 spiro atoms. The first-order valence-corrected chi connectivity index (χ1v) is 4.53. The fourth-order valence-corrected chi connectivity index (χ4v) is 1.97. The molecule has 3 rings (SSSR count). The molecular weight excluding hydrogens is 172 g/mol. The molecule has 0 saturated carbocycles. The van der Waals surface area contributed by atoms with Crippen molar-refractivity contribution in [1.82, 2.24) is 0 Å². The van der Waals surface area contributed by atoms with Gasteiger partial charge in [-0.05, 0) is 39.3 Å². The zero-order valence-corrected chi connectivity index (χ0v) is 7.58. The van der Waals surface area contributed by atoms with Crippen molar-refractivity contribution >= 4 is 18.9 Å². The summed E-state index contributed by atoms with van der Waals surface area (Å²) in [4.78, 5) is 10.8. The lowest BCUT2D eigenvalue weighted by Gasteiger charge is -1.93. The van der Waals surface area contributed by atoms with Crippen LogP contribution in [0.4, 0.5) is 0 Å². The predicted molar refractivity (Wildman–Crippen MR) is 56.8 cm³/mol. The number of hydrogen-bond donors (Lipinski definition) is 0. The molecule has 0 saturated heterocycles. The Hall–Kier alpha value is -1.89. The van der Waals surface area contributed by atoms with Crippen LogP contribution in [0.15, 0.2) is 24.3 Å². The van der Waals surface area contributed by atoms with Gasteiger partial charge in [0.15, 0.2) is 6.29 Å². The SMILES string of the molecule is C=c1cc(C=O)c2cccc3c(c1-2)C=3. The second-order valence-corrected chi connectivity index (χ2v) is 3.57. The second-order valence-electron chi connectivity index (χ2n) is 3.57. The molecule has 0 atom stereocenters. The summed E-state index contributed by atoms with van der Waals surface area (Å²) in [6.45, 7) is 3.96. The number of aldehydes is 1. The average molecular weight is 180 g/mol. The van der Waals surface area contributed by atoms with Crippen LogP contribution in [0.1, 0.15) is 15.9 Å². The summed E-state index contributed by atoms with van der Waals surface area (Å²) >= 11 is 0. The number of carbonyl (C=O) groups excluding carboxylic acids is 1. The molecular formula is C13H8O. The van der Waals surface area contributed by atoms with Crippen molar-refractivity contribution < 1.29 is 4.79 Å². The number of carbonyl (C=O) groups is 1. The van der Waals surface area contributed by atoms with Gasteiger partial charge in [0, 0.05) is 5.56 Å². The molecule has 14 heavy (non-hydrogen) atoms. The lowest BCUT2D eigenvalue weighted by molar-refractivity contribution is 0.112. The largest absolute Gasteiger partial charge is 0.298 e. The maximum absolute atomic E-state index is 10.8. The van der Waals surface area contributed by atoms with Crippen LogP contribution in [-0.4, -0.2) is 6.29 Å². The summed E-state index contributed by atoms with van der Waals surface area (Å²) in [6.07, 6.45) is 3.01. The van der Waals surface area contributed by atoms with Gasteiger partial charge < -0.3 is 0 Å². The van der Waals surface area contributed by atoms with Gasteiger partial charge in [0.1, 0.15) is 0 Å². The molecule has 0 bridgehead atoms. The maximum atomic E-state index is 10.8. The van der Waals surface area contributed by atoms with E-state index in [2.05, 4.69) is 18.7 Å². The lowest BCUT2D eigenvalue weighted by atomic mass is 10.1. The highest BCUT2D eigenvalue weighted by Crippen LogP contribution is 2.26. The molecule has 1 heteroatoms. The second kappa shape index (κ2) is 2.32. The first-order valence-electron chi connectivity index (χ1n) is 4.53. The van der Waals surface area contributed by atoms with Gasteiger partial charge in [-0.1, -0.05) is 24.8 Å². The Morgan fingerprint density at radius 2 is 2.14 bits per heavy atom. The summed E-state index contributed by atoms with van der Waals surface area (Å²) in [5.74, 6) is 0. The topological polar surface area (TPSA) is 17.1 Å². The van der Waals surface area contributed by atoms with E-state index in [1.807, 2.05) is 18.2 Å². The highest BCUT2D eigenvalue weighted by atomic mass is 16.1. The van der Waals surface area contributed by atoms with Crippen molar-refractivity contribution in [2.75, 3.05) is 0 Å². The maximum Gasteiger partial charge on any atom is 0.150 e. The molecule has 0 amide bonds. The molecule has 0 aromatic rings. The van der Waals surface area contributed by atoms with E-state index in [0.29, 0.717) is 0 Å². The van der Waals surface area contributed by atoms with Gasteiger partial charge in [-0.3, -0.25) is 4.79 Å². The zero-order chi connectivity index (χ0) is 9.71. The van der Waals surface area contributed by atoms with Crippen LogP contribution in [0.3, 0.4) is 0 Å². The van der Waals surface area contributed by atoms with E-state index in [-0.39, 0.29) is 0 Å². The van der Waals surface area contributed by atoms with E-state index in [9.17, 15) is 4.79 Å². The Morgan fingerprint density at radius 1 is 1.29 bits per heavy atom. The molecule has 3 aliphatic carbocycles. The van der Waals surface area contributed by atoms with E-state index >= 15 is 0 Å². The minimum absolute atomic E-state index is 0.740. The van der Waals surface area contributed by atoms with Crippen molar-refractivity contribution in [1.29, 1.82) is 0 Å². The summed E-state index contributed by atoms with van der Waals surface area (Å²) in [7, 11) is 0. The third-order valence-corrected chi connectivity index (χ3v) is 2.69. The monoisotopic (exact) mass is 180 g/mol. The summed E-state index contributed by atoms with van der Waals surface area (Å²) in [5.41, 5.74) is 4.12. The zero-order valence-electron chi connectivity index (χ0n) is 7.58. The molecule has 0 aliphatic heterocycles. The van der Waals surface area contributed by atoms with Gasteiger partial charge in [-0.25, -0.2) is 0 Å². The molecule has 0 unspecified atom stereocenters. The molecule has 66 valence electrons. The molecule has 3 aliphatic rings. The van der Waals surface area contributed by atoms with Crippen LogP contribution in [0.5, 0.6) is 0 Å². The predicted octanol–water partition coefficient (Wildman–Crippen LogP) is 1.16. The van der Waals surface area contributed by atoms with E-state index in [1.54, 1.807) is 0 Å². The Labute approximate surface area is 81.3 Å². The summed E-state index contributed by atoms with van der Waals surface area (Å²) < 4.78 is 0. The normalized spacial score (nSPS) is 12.0. The van der Waals surface area contributed by atoms with Gasteiger partial charge in [-0.15, -0.1) is 0 Å². The van der Waals surface area contributed by atoms with Gasteiger partial charge in [-0.2, -0.15) is 0 Å². The van der Waals surface area contributed by atoms with Crippen LogP contribution in [0.25, 0.3) is 23.8 Å². The number of rotatable bonds is 1. The average Bonchev–Trinajstić information content (AvgIpc) is 2.85. The van der Waals surface area contributed by atoms with Gasteiger partial charge >= 0.3 is 0 Å². The highest BCUT2D eigenvalue weighted by molar-refractivity contribution is 5.95. The Balaban J connectivity index is 2.50. The summed E-state index contributed by atoms with van der Waals surface area (Å²) in [6, 6.07) is 7.87. The third kappa shape index (κ3) is 0.814. The van der Waals surface area contributed by atoms with Gasteiger partial charge in [0.2, 0.25) is 0 Å². The first-order chi connectivity index (χ1) is 6.81. The fraction of sp³-hybridized carbons (Fsp3) is 0.